The van der Waals surface area contributed by atoms with Crippen molar-refractivity contribution in [3.05, 3.63) is 84.4 Å². The minimum absolute atomic E-state index is 0.338. The Morgan fingerprint density at radius 2 is 1.71 bits per heavy atom. The van der Waals surface area contributed by atoms with Crippen molar-refractivity contribution in [1.29, 1.82) is 0 Å². The van der Waals surface area contributed by atoms with Crippen molar-refractivity contribution in [3.63, 3.8) is 0 Å². The molecule has 3 aromatic rings. The first-order valence-electron chi connectivity index (χ1n) is 9.91. The van der Waals surface area contributed by atoms with Crippen molar-refractivity contribution in [2.45, 2.75) is 31.9 Å². The molecule has 1 aliphatic rings. The van der Waals surface area contributed by atoms with E-state index in [2.05, 4.69) is 65.6 Å². The number of aldehydes is 1. The normalized spacial score (nSPS) is 16.1. The maximum atomic E-state index is 10.9. The molecule has 0 bridgehead atoms. The zero-order valence-corrected chi connectivity index (χ0v) is 16.0. The Kier molecular flexibility index (Phi) is 5.72. The number of nitrogens with zero attached hydrogens (tertiary/aromatic N) is 1. The molecule has 1 unspecified atom stereocenters. The highest BCUT2D eigenvalue weighted by Gasteiger charge is 2.24. The number of anilines is 1. The molecule has 3 nitrogen and oxygen atoms in total. The van der Waals surface area contributed by atoms with E-state index in [1.54, 1.807) is 0 Å². The van der Waals surface area contributed by atoms with Gasteiger partial charge in [-0.25, -0.2) is 0 Å². The average molecular weight is 371 g/mol. The van der Waals surface area contributed by atoms with Crippen LogP contribution >= 0.6 is 0 Å². The third-order valence-corrected chi connectivity index (χ3v) is 5.35. The first kappa shape index (κ1) is 18.3. The predicted octanol–water partition coefficient (Wildman–Crippen LogP) is 5.49. The van der Waals surface area contributed by atoms with Crippen LogP contribution < -0.4 is 9.64 Å². The SMILES string of the molecule is O=CCC1CCCN1c1ccc(OCc2cccc(-c3ccccc3)c2)cc1. The van der Waals surface area contributed by atoms with Crippen LogP contribution in [0.1, 0.15) is 24.8 Å². The minimum Gasteiger partial charge on any atom is -0.489 e. The fourth-order valence-electron chi connectivity index (χ4n) is 3.90. The maximum Gasteiger partial charge on any atom is 0.122 e. The van der Waals surface area contributed by atoms with Crippen molar-refractivity contribution >= 4 is 12.0 Å². The van der Waals surface area contributed by atoms with E-state index in [0.717, 1.165) is 37.0 Å². The van der Waals surface area contributed by atoms with Gasteiger partial charge in [-0.05, 0) is 59.9 Å². The van der Waals surface area contributed by atoms with E-state index in [1.165, 1.54) is 16.8 Å². The van der Waals surface area contributed by atoms with Crippen LogP contribution in [0.2, 0.25) is 0 Å². The molecule has 0 amide bonds. The molecule has 0 spiro atoms. The molecule has 0 saturated carbocycles. The van der Waals surface area contributed by atoms with Crippen LogP contribution in [0.25, 0.3) is 11.1 Å². The van der Waals surface area contributed by atoms with Crippen molar-refractivity contribution in [1.82, 2.24) is 0 Å². The second-order valence-electron chi connectivity index (χ2n) is 7.24. The predicted molar refractivity (Wildman–Crippen MR) is 114 cm³/mol. The van der Waals surface area contributed by atoms with E-state index >= 15 is 0 Å². The highest BCUT2D eigenvalue weighted by Crippen LogP contribution is 2.29. The molecular formula is C25H25NO2. The summed E-state index contributed by atoms with van der Waals surface area (Å²) in [6.45, 7) is 1.56. The van der Waals surface area contributed by atoms with Crippen molar-refractivity contribution < 1.29 is 9.53 Å². The summed E-state index contributed by atoms with van der Waals surface area (Å²) in [6.07, 6.45) is 3.88. The van der Waals surface area contributed by atoms with Gasteiger partial charge in [0, 0.05) is 24.7 Å². The third-order valence-electron chi connectivity index (χ3n) is 5.35. The molecule has 1 heterocycles. The average Bonchev–Trinajstić information content (AvgIpc) is 3.22. The summed E-state index contributed by atoms with van der Waals surface area (Å²) in [7, 11) is 0. The van der Waals surface area contributed by atoms with Crippen molar-refractivity contribution in [3.8, 4) is 16.9 Å². The van der Waals surface area contributed by atoms with Gasteiger partial charge >= 0.3 is 0 Å². The molecule has 1 fully saturated rings. The first-order valence-corrected chi connectivity index (χ1v) is 9.91. The Hall–Kier alpha value is -3.07. The smallest absolute Gasteiger partial charge is 0.122 e. The lowest BCUT2D eigenvalue weighted by molar-refractivity contribution is -0.108. The minimum atomic E-state index is 0.338. The van der Waals surface area contributed by atoms with E-state index in [-0.39, 0.29) is 0 Å². The second kappa shape index (κ2) is 8.75. The van der Waals surface area contributed by atoms with Gasteiger partial charge < -0.3 is 14.4 Å². The number of benzene rings is 3. The summed E-state index contributed by atoms with van der Waals surface area (Å²) >= 11 is 0. The summed E-state index contributed by atoms with van der Waals surface area (Å²) in [5.74, 6) is 0.861. The fourth-order valence-corrected chi connectivity index (χ4v) is 3.90. The van der Waals surface area contributed by atoms with Crippen LogP contribution in [0, 0.1) is 0 Å². The maximum absolute atomic E-state index is 10.9. The van der Waals surface area contributed by atoms with E-state index < -0.39 is 0 Å². The standard InChI is InChI=1S/C25H25NO2/c27-17-15-23-10-5-16-26(23)24-11-13-25(14-12-24)28-19-20-6-4-9-22(18-20)21-7-2-1-3-8-21/h1-4,6-9,11-14,17-18,23H,5,10,15-16,19H2. The molecule has 3 aromatic carbocycles. The van der Waals surface area contributed by atoms with Crippen molar-refractivity contribution in [2.24, 2.45) is 0 Å². The van der Waals surface area contributed by atoms with Gasteiger partial charge in [0.15, 0.2) is 0 Å². The zero-order valence-electron chi connectivity index (χ0n) is 16.0. The lowest BCUT2D eigenvalue weighted by Crippen LogP contribution is -2.29. The summed E-state index contributed by atoms with van der Waals surface area (Å²) in [5.41, 5.74) is 4.73. The Morgan fingerprint density at radius 3 is 2.50 bits per heavy atom. The summed E-state index contributed by atoms with van der Waals surface area (Å²) in [6, 6.07) is 27.4. The van der Waals surface area contributed by atoms with E-state index in [9.17, 15) is 4.79 Å². The number of hydrogen-bond acceptors (Lipinski definition) is 3. The molecule has 3 heteroatoms. The third kappa shape index (κ3) is 4.25. The Labute approximate surface area is 166 Å². The highest BCUT2D eigenvalue weighted by molar-refractivity contribution is 5.64. The number of carbonyl (C=O) groups excluding carboxylic acids is 1. The molecular weight excluding hydrogens is 346 g/mol. The molecule has 0 aliphatic carbocycles. The van der Waals surface area contributed by atoms with Gasteiger partial charge in [0.2, 0.25) is 0 Å². The molecule has 0 radical (unpaired) electrons. The number of carbonyl (C=O) groups is 1. The van der Waals surface area contributed by atoms with Crippen LogP contribution in [-0.2, 0) is 11.4 Å². The van der Waals surface area contributed by atoms with E-state index in [4.69, 9.17) is 4.74 Å². The number of hydrogen-bond donors (Lipinski definition) is 0. The van der Waals surface area contributed by atoms with Gasteiger partial charge in [-0.1, -0.05) is 48.5 Å². The van der Waals surface area contributed by atoms with Crippen molar-refractivity contribution in [2.75, 3.05) is 11.4 Å². The van der Waals surface area contributed by atoms with Gasteiger partial charge in [0.1, 0.15) is 18.6 Å². The van der Waals surface area contributed by atoms with Crippen LogP contribution in [-0.4, -0.2) is 18.9 Å². The quantitative estimate of drug-likeness (QED) is 0.514. The lowest BCUT2D eigenvalue weighted by Gasteiger charge is -2.25. The molecule has 1 aliphatic heterocycles. The molecule has 0 aromatic heterocycles. The summed E-state index contributed by atoms with van der Waals surface area (Å²) in [4.78, 5) is 13.2. The van der Waals surface area contributed by atoms with Gasteiger partial charge in [-0.3, -0.25) is 0 Å². The molecule has 1 saturated heterocycles. The van der Waals surface area contributed by atoms with Crippen LogP contribution in [0.5, 0.6) is 5.75 Å². The molecule has 4 rings (SSSR count). The summed E-state index contributed by atoms with van der Waals surface area (Å²) < 4.78 is 6.00. The topological polar surface area (TPSA) is 29.5 Å². The second-order valence-corrected chi connectivity index (χ2v) is 7.24. The number of ether oxygens (including phenoxy) is 1. The molecule has 0 N–H and O–H groups in total. The van der Waals surface area contributed by atoms with Gasteiger partial charge in [-0.2, -0.15) is 0 Å². The van der Waals surface area contributed by atoms with Gasteiger partial charge in [-0.15, -0.1) is 0 Å². The molecule has 1 atom stereocenters. The van der Waals surface area contributed by atoms with E-state index in [1.807, 2.05) is 18.2 Å². The summed E-state index contributed by atoms with van der Waals surface area (Å²) in [5, 5.41) is 0. The monoisotopic (exact) mass is 371 g/mol. The van der Waals surface area contributed by atoms with Gasteiger partial charge in [0.25, 0.3) is 0 Å². The Morgan fingerprint density at radius 1 is 0.929 bits per heavy atom. The van der Waals surface area contributed by atoms with Crippen LogP contribution in [0.15, 0.2) is 78.9 Å². The lowest BCUT2D eigenvalue weighted by atomic mass is 10.0. The molecule has 28 heavy (non-hydrogen) atoms. The van der Waals surface area contributed by atoms with Crippen LogP contribution in [0.4, 0.5) is 5.69 Å². The zero-order chi connectivity index (χ0) is 19.2. The first-order chi connectivity index (χ1) is 13.8. The fraction of sp³-hybridized carbons (Fsp3) is 0.240. The van der Waals surface area contributed by atoms with E-state index in [0.29, 0.717) is 19.1 Å². The Balaban J connectivity index is 1.40. The Bertz CT molecular complexity index is 905. The van der Waals surface area contributed by atoms with Gasteiger partial charge in [0.05, 0.1) is 0 Å². The van der Waals surface area contributed by atoms with Crippen LogP contribution in [0.3, 0.4) is 0 Å². The number of rotatable bonds is 7. The molecule has 142 valence electrons. The highest BCUT2D eigenvalue weighted by atomic mass is 16.5. The largest absolute Gasteiger partial charge is 0.489 e.